The molecule has 0 aliphatic carbocycles. The predicted molar refractivity (Wildman–Crippen MR) is 90.6 cm³/mol. The molecule has 0 heterocycles. The maximum absolute atomic E-state index is 13.6. The molecule has 2 N–H and O–H groups in total. The summed E-state index contributed by atoms with van der Waals surface area (Å²) in [7, 11) is 0. The first-order valence-corrected chi connectivity index (χ1v) is 7.50. The Bertz CT molecular complexity index is 784. The molecular formula is C18H18F2N2O3. The van der Waals surface area contributed by atoms with E-state index in [0.29, 0.717) is 11.4 Å². The van der Waals surface area contributed by atoms with Gasteiger partial charge in [0.2, 0.25) is 0 Å². The Balaban J connectivity index is 2.01. The Morgan fingerprint density at radius 1 is 0.920 bits per heavy atom. The molecule has 0 bridgehead atoms. The summed E-state index contributed by atoms with van der Waals surface area (Å²) in [5, 5.41) is 5.00. The molecule has 0 aliphatic heterocycles. The molecule has 0 atom stereocenters. The first kappa shape index (κ1) is 18.4. The highest BCUT2D eigenvalue weighted by atomic mass is 19.1. The summed E-state index contributed by atoms with van der Waals surface area (Å²) < 4.78 is 31.8. The summed E-state index contributed by atoms with van der Waals surface area (Å²) in [6.07, 6.45) is -0.605. The third-order valence-electron chi connectivity index (χ3n) is 2.96. The van der Waals surface area contributed by atoms with E-state index in [9.17, 15) is 18.4 Å². The zero-order valence-corrected chi connectivity index (χ0v) is 14.0. The average Bonchev–Trinajstić information content (AvgIpc) is 2.49. The lowest BCUT2D eigenvalue weighted by molar-refractivity contribution is 0.0635. The molecule has 0 radical (unpaired) electrons. The highest BCUT2D eigenvalue weighted by Crippen LogP contribution is 2.17. The number of hydrogen-bond acceptors (Lipinski definition) is 3. The average molecular weight is 348 g/mol. The van der Waals surface area contributed by atoms with Crippen LogP contribution in [0, 0.1) is 11.6 Å². The predicted octanol–water partition coefficient (Wildman–Crippen LogP) is 4.56. The lowest BCUT2D eigenvalue weighted by Gasteiger charge is -2.19. The molecular weight excluding hydrogens is 330 g/mol. The van der Waals surface area contributed by atoms with E-state index in [1.54, 1.807) is 32.9 Å². The zero-order chi connectivity index (χ0) is 18.6. The van der Waals surface area contributed by atoms with Crippen molar-refractivity contribution in [3.8, 4) is 0 Å². The Morgan fingerprint density at radius 3 is 2.04 bits per heavy atom. The Morgan fingerprint density at radius 2 is 1.48 bits per heavy atom. The monoisotopic (exact) mass is 348 g/mol. The first-order valence-electron chi connectivity index (χ1n) is 7.50. The van der Waals surface area contributed by atoms with Crippen LogP contribution in [0.4, 0.5) is 25.0 Å². The van der Waals surface area contributed by atoms with Gasteiger partial charge in [0.05, 0.1) is 5.56 Å². The van der Waals surface area contributed by atoms with Crippen molar-refractivity contribution in [3.63, 3.8) is 0 Å². The largest absolute Gasteiger partial charge is 0.444 e. The van der Waals surface area contributed by atoms with Crippen molar-refractivity contribution in [2.45, 2.75) is 26.4 Å². The van der Waals surface area contributed by atoms with Gasteiger partial charge in [-0.2, -0.15) is 0 Å². The van der Waals surface area contributed by atoms with Crippen molar-refractivity contribution in [1.29, 1.82) is 0 Å². The number of carbonyl (C=O) groups excluding carboxylic acids is 2. The number of ether oxygens (including phenoxy) is 1. The van der Waals surface area contributed by atoms with Crippen molar-refractivity contribution in [1.82, 2.24) is 0 Å². The number of anilines is 2. The minimum Gasteiger partial charge on any atom is -0.444 e. The van der Waals surface area contributed by atoms with Gasteiger partial charge in [-0.05, 0) is 63.2 Å². The number of nitrogens with one attached hydrogen (secondary N) is 2. The zero-order valence-electron chi connectivity index (χ0n) is 14.0. The van der Waals surface area contributed by atoms with E-state index in [-0.39, 0.29) is 0 Å². The molecule has 2 rings (SSSR count). The number of halogens is 2. The standard InChI is InChI=1S/C18H18F2N2O3/c1-18(2,3)25-17(24)22-13-7-5-12(6-8-13)21-16(23)14-10-11(19)4-9-15(14)20/h4-10H,1-3H3,(H,21,23)(H,22,24). The van der Waals surface area contributed by atoms with E-state index in [1.165, 1.54) is 12.1 Å². The Hall–Kier alpha value is -2.96. The number of amides is 2. The summed E-state index contributed by atoms with van der Waals surface area (Å²) in [6, 6.07) is 8.76. The minimum atomic E-state index is -0.817. The van der Waals surface area contributed by atoms with E-state index in [0.717, 1.165) is 18.2 Å². The van der Waals surface area contributed by atoms with E-state index in [4.69, 9.17) is 4.74 Å². The number of carbonyl (C=O) groups is 2. The van der Waals surface area contributed by atoms with Crippen molar-refractivity contribution in [3.05, 3.63) is 59.7 Å². The van der Waals surface area contributed by atoms with Crippen LogP contribution < -0.4 is 10.6 Å². The van der Waals surface area contributed by atoms with Crippen molar-refractivity contribution in [2.24, 2.45) is 0 Å². The second-order valence-corrected chi connectivity index (χ2v) is 6.28. The van der Waals surface area contributed by atoms with E-state index >= 15 is 0 Å². The van der Waals surface area contributed by atoms with Crippen LogP contribution in [0.2, 0.25) is 0 Å². The Labute approximate surface area is 144 Å². The van der Waals surface area contributed by atoms with Crippen LogP contribution in [0.5, 0.6) is 0 Å². The van der Waals surface area contributed by atoms with Gasteiger partial charge < -0.3 is 10.1 Å². The SMILES string of the molecule is CC(C)(C)OC(=O)Nc1ccc(NC(=O)c2cc(F)ccc2F)cc1. The van der Waals surface area contributed by atoms with Gasteiger partial charge in [0.1, 0.15) is 17.2 Å². The van der Waals surface area contributed by atoms with Gasteiger partial charge in [0.15, 0.2) is 0 Å². The molecule has 0 spiro atoms. The normalized spacial score (nSPS) is 10.9. The second kappa shape index (κ2) is 7.29. The fourth-order valence-corrected chi connectivity index (χ4v) is 1.93. The summed E-state index contributed by atoms with van der Waals surface area (Å²) in [5.41, 5.74) is -0.184. The van der Waals surface area contributed by atoms with Crippen molar-refractivity contribution >= 4 is 23.4 Å². The molecule has 25 heavy (non-hydrogen) atoms. The molecule has 132 valence electrons. The van der Waals surface area contributed by atoms with Gasteiger partial charge >= 0.3 is 6.09 Å². The fourth-order valence-electron chi connectivity index (χ4n) is 1.93. The molecule has 2 aromatic rings. The van der Waals surface area contributed by atoms with Crippen LogP contribution in [0.3, 0.4) is 0 Å². The number of benzene rings is 2. The van der Waals surface area contributed by atoms with Crippen LogP contribution in [0.15, 0.2) is 42.5 Å². The van der Waals surface area contributed by atoms with E-state index in [1.807, 2.05) is 0 Å². The molecule has 0 fully saturated rings. The fraction of sp³-hybridized carbons (Fsp3) is 0.222. The van der Waals surface area contributed by atoms with Crippen LogP contribution in [-0.2, 0) is 4.74 Å². The van der Waals surface area contributed by atoms with E-state index in [2.05, 4.69) is 10.6 Å². The van der Waals surface area contributed by atoms with Gasteiger partial charge in [0, 0.05) is 11.4 Å². The van der Waals surface area contributed by atoms with E-state index < -0.39 is 34.8 Å². The molecule has 2 aromatic carbocycles. The molecule has 0 unspecified atom stereocenters. The lowest BCUT2D eigenvalue weighted by Crippen LogP contribution is -2.27. The maximum atomic E-state index is 13.6. The molecule has 2 amide bonds. The van der Waals surface area contributed by atoms with Crippen molar-refractivity contribution < 1.29 is 23.1 Å². The van der Waals surface area contributed by atoms with Crippen LogP contribution in [0.1, 0.15) is 31.1 Å². The summed E-state index contributed by atoms with van der Waals surface area (Å²) >= 11 is 0. The number of hydrogen-bond donors (Lipinski definition) is 2. The highest BCUT2D eigenvalue weighted by molar-refractivity contribution is 6.04. The second-order valence-electron chi connectivity index (χ2n) is 6.28. The lowest BCUT2D eigenvalue weighted by atomic mass is 10.2. The van der Waals surface area contributed by atoms with Crippen LogP contribution in [0.25, 0.3) is 0 Å². The molecule has 7 heteroatoms. The topological polar surface area (TPSA) is 67.4 Å². The minimum absolute atomic E-state index is 0.364. The quantitative estimate of drug-likeness (QED) is 0.854. The van der Waals surface area contributed by atoms with Crippen LogP contribution in [-0.4, -0.2) is 17.6 Å². The van der Waals surface area contributed by atoms with Crippen LogP contribution >= 0.6 is 0 Å². The smallest absolute Gasteiger partial charge is 0.412 e. The molecule has 0 saturated heterocycles. The molecule has 0 saturated carbocycles. The maximum Gasteiger partial charge on any atom is 0.412 e. The van der Waals surface area contributed by atoms with Crippen molar-refractivity contribution in [2.75, 3.05) is 10.6 Å². The molecule has 0 aliphatic rings. The Kier molecular flexibility index (Phi) is 5.36. The third kappa shape index (κ3) is 5.56. The number of rotatable bonds is 3. The van der Waals surface area contributed by atoms with Gasteiger partial charge in [-0.1, -0.05) is 0 Å². The molecule has 0 aromatic heterocycles. The van der Waals surface area contributed by atoms with Gasteiger partial charge in [-0.3, -0.25) is 10.1 Å². The van der Waals surface area contributed by atoms with Gasteiger partial charge in [-0.25, -0.2) is 13.6 Å². The first-order chi connectivity index (χ1) is 11.6. The molecule has 5 nitrogen and oxygen atoms in total. The summed E-state index contributed by atoms with van der Waals surface area (Å²) in [4.78, 5) is 23.7. The third-order valence-corrected chi connectivity index (χ3v) is 2.96. The van der Waals surface area contributed by atoms with Gasteiger partial charge in [-0.15, -0.1) is 0 Å². The van der Waals surface area contributed by atoms with Gasteiger partial charge in [0.25, 0.3) is 5.91 Å². The highest BCUT2D eigenvalue weighted by Gasteiger charge is 2.16. The summed E-state index contributed by atoms with van der Waals surface area (Å²) in [5.74, 6) is -2.30. The summed E-state index contributed by atoms with van der Waals surface area (Å²) in [6.45, 7) is 5.24.